The van der Waals surface area contributed by atoms with E-state index >= 15 is 0 Å². The van der Waals surface area contributed by atoms with Crippen LogP contribution in [0, 0.1) is 5.41 Å². The highest BCUT2D eigenvalue weighted by Crippen LogP contribution is 2.39. The van der Waals surface area contributed by atoms with E-state index in [1.54, 1.807) is 11.3 Å². The molecule has 3 heterocycles. The van der Waals surface area contributed by atoms with Gasteiger partial charge in [-0.1, -0.05) is 0 Å². The van der Waals surface area contributed by atoms with Crippen molar-refractivity contribution in [2.45, 2.75) is 12.8 Å². The zero-order chi connectivity index (χ0) is 10.3. The van der Waals surface area contributed by atoms with E-state index in [4.69, 9.17) is 0 Å². The van der Waals surface area contributed by atoms with Gasteiger partial charge in [0.15, 0.2) is 0 Å². The second-order valence-corrected chi connectivity index (χ2v) is 5.18. The van der Waals surface area contributed by atoms with E-state index in [2.05, 4.69) is 10.7 Å². The number of nitrogens with one attached hydrogen (secondary N) is 1. The first kappa shape index (κ1) is 9.36. The molecular formula is C11H14N2OS. The Bertz CT molecular complexity index is 368. The molecule has 0 radical (unpaired) electrons. The predicted molar refractivity (Wildman–Crippen MR) is 61.2 cm³/mol. The molecule has 4 heteroatoms. The number of rotatable bonds is 1. The molecule has 80 valence electrons. The second kappa shape index (κ2) is 3.32. The Morgan fingerprint density at radius 1 is 1.47 bits per heavy atom. The molecule has 3 rings (SSSR count). The molecule has 1 amide bonds. The molecule has 0 aliphatic carbocycles. The van der Waals surface area contributed by atoms with Gasteiger partial charge in [-0.25, -0.2) is 0 Å². The molecule has 0 unspecified atom stereocenters. The van der Waals surface area contributed by atoms with Gasteiger partial charge in [0, 0.05) is 18.5 Å². The number of thiophene rings is 1. The molecule has 2 saturated heterocycles. The van der Waals surface area contributed by atoms with Gasteiger partial charge in [-0.3, -0.25) is 4.79 Å². The number of nitrogens with zero attached hydrogens (tertiary/aromatic N) is 1. The lowest BCUT2D eigenvalue weighted by molar-refractivity contribution is -0.124. The molecule has 15 heavy (non-hydrogen) atoms. The van der Waals surface area contributed by atoms with E-state index < -0.39 is 0 Å². The van der Waals surface area contributed by atoms with Gasteiger partial charge >= 0.3 is 0 Å². The summed E-state index contributed by atoms with van der Waals surface area (Å²) in [5.74, 6) is 0.325. The van der Waals surface area contributed by atoms with Crippen molar-refractivity contribution in [2.75, 3.05) is 24.5 Å². The van der Waals surface area contributed by atoms with Gasteiger partial charge in [0.1, 0.15) is 0 Å². The number of carbonyl (C=O) groups is 1. The lowest BCUT2D eigenvalue weighted by Gasteiger charge is -2.20. The van der Waals surface area contributed by atoms with Crippen LogP contribution in [0.4, 0.5) is 5.69 Å². The van der Waals surface area contributed by atoms with Crippen molar-refractivity contribution in [2.24, 2.45) is 5.41 Å². The first-order valence-corrected chi connectivity index (χ1v) is 6.31. The summed E-state index contributed by atoms with van der Waals surface area (Å²) in [6.45, 7) is 2.74. The molecule has 1 aromatic heterocycles. The number of amides is 1. The molecule has 1 atom stereocenters. The van der Waals surface area contributed by atoms with Crippen molar-refractivity contribution >= 4 is 22.9 Å². The zero-order valence-electron chi connectivity index (χ0n) is 8.53. The topological polar surface area (TPSA) is 32.3 Å². The molecule has 2 aliphatic heterocycles. The number of carbonyl (C=O) groups excluding carboxylic acids is 1. The minimum absolute atomic E-state index is 0.0814. The molecule has 0 bridgehead atoms. The zero-order valence-corrected chi connectivity index (χ0v) is 9.35. The van der Waals surface area contributed by atoms with Crippen LogP contribution in [-0.4, -0.2) is 25.5 Å². The van der Waals surface area contributed by atoms with Crippen molar-refractivity contribution in [3.8, 4) is 0 Å². The first-order chi connectivity index (χ1) is 7.32. The largest absolute Gasteiger partial charge is 0.316 e. The second-order valence-electron chi connectivity index (χ2n) is 4.40. The Hall–Kier alpha value is -0.870. The Kier molecular flexibility index (Phi) is 2.07. The van der Waals surface area contributed by atoms with Crippen LogP contribution < -0.4 is 10.2 Å². The van der Waals surface area contributed by atoms with Crippen LogP contribution in [-0.2, 0) is 4.79 Å². The third-order valence-corrected chi connectivity index (χ3v) is 4.25. The summed E-state index contributed by atoms with van der Waals surface area (Å²) in [6, 6.07) is 2.03. The summed E-state index contributed by atoms with van der Waals surface area (Å²) >= 11 is 1.65. The molecular weight excluding hydrogens is 208 g/mol. The maximum atomic E-state index is 12.3. The van der Waals surface area contributed by atoms with Crippen molar-refractivity contribution in [1.82, 2.24) is 5.32 Å². The minimum Gasteiger partial charge on any atom is -0.316 e. The third kappa shape index (κ3) is 1.32. The van der Waals surface area contributed by atoms with Crippen molar-refractivity contribution in [1.29, 1.82) is 0 Å². The van der Waals surface area contributed by atoms with E-state index in [1.807, 2.05) is 16.3 Å². The highest BCUT2D eigenvalue weighted by Gasteiger charge is 2.48. The van der Waals surface area contributed by atoms with Crippen molar-refractivity contribution < 1.29 is 4.79 Å². The normalized spacial score (nSPS) is 30.7. The number of hydrogen-bond donors (Lipinski definition) is 1. The Morgan fingerprint density at radius 2 is 2.40 bits per heavy atom. The molecule has 2 fully saturated rings. The van der Waals surface area contributed by atoms with Gasteiger partial charge in [0.05, 0.1) is 11.1 Å². The highest BCUT2D eigenvalue weighted by molar-refractivity contribution is 7.08. The summed E-state index contributed by atoms with van der Waals surface area (Å²) in [5.41, 5.74) is 0.996. The van der Waals surface area contributed by atoms with Crippen molar-refractivity contribution in [3.05, 3.63) is 16.8 Å². The van der Waals surface area contributed by atoms with Gasteiger partial charge in [-0.15, -0.1) is 0 Å². The molecule has 1 N–H and O–H groups in total. The number of hydrogen-bond acceptors (Lipinski definition) is 3. The van der Waals surface area contributed by atoms with E-state index in [0.29, 0.717) is 5.91 Å². The lowest BCUT2D eigenvalue weighted by atomic mass is 9.86. The highest BCUT2D eigenvalue weighted by atomic mass is 32.1. The third-order valence-electron chi connectivity index (χ3n) is 3.57. The van der Waals surface area contributed by atoms with Gasteiger partial charge in [0.25, 0.3) is 0 Å². The fourth-order valence-corrected chi connectivity index (χ4v) is 3.26. The number of anilines is 1. The summed E-state index contributed by atoms with van der Waals surface area (Å²) in [5, 5.41) is 7.39. The molecule has 2 aliphatic rings. The van der Waals surface area contributed by atoms with Crippen LogP contribution in [0.2, 0.25) is 0 Å². The molecule has 0 aromatic carbocycles. The maximum Gasteiger partial charge on any atom is 0.234 e. The van der Waals surface area contributed by atoms with E-state index in [9.17, 15) is 4.79 Å². The van der Waals surface area contributed by atoms with E-state index in [1.165, 1.54) is 0 Å². The van der Waals surface area contributed by atoms with Crippen LogP contribution >= 0.6 is 11.3 Å². The van der Waals surface area contributed by atoms with Crippen molar-refractivity contribution in [3.63, 3.8) is 0 Å². The minimum atomic E-state index is -0.0814. The lowest BCUT2D eigenvalue weighted by Crippen LogP contribution is -2.35. The van der Waals surface area contributed by atoms with E-state index in [-0.39, 0.29) is 5.41 Å². The fraction of sp³-hybridized carbons (Fsp3) is 0.545. The Morgan fingerprint density at radius 3 is 3.07 bits per heavy atom. The predicted octanol–water partition coefficient (Wildman–Crippen LogP) is 1.46. The molecule has 1 spiro atoms. The average Bonchev–Trinajstić information content (AvgIpc) is 2.93. The molecule has 0 saturated carbocycles. The monoisotopic (exact) mass is 222 g/mol. The van der Waals surface area contributed by atoms with Crippen LogP contribution in [0.5, 0.6) is 0 Å². The van der Waals surface area contributed by atoms with Gasteiger partial charge < -0.3 is 10.2 Å². The smallest absolute Gasteiger partial charge is 0.234 e. The Labute approximate surface area is 93.1 Å². The molecule has 1 aromatic rings. The average molecular weight is 222 g/mol. The quantitative estimate of drug-likeness (QED) is 0.780. The van der Waals surface area contributed by atoms with Crippen LogP contribution in [0.25, 0.3) is 0 Å². The van der Waals surface area contributed by atoms with Gasteiger partial charge in [-0.05, 0) is 30.8 Å². The van der Waals surface area contributed by atoms with E-state index in [0.717, 1.165) is 38.2 Å². The van der Waals surface area contributed by atoms with Gasteiger partial charge in [-0.2, -0.15) is 11.3 Å². The SMILES string of the molecule is O=C1N(c2ccsc2)CC[C@@]12CCNC2. The van der Waals surface area contributed by atoms with Crippen LogP contribution in [0.15, 0.2) is 16.8 Å². The van der Waals surface area contributed by atoms with Crippen LogP contribution in [0.1, 0.15) is 12.8 Å². The van der Waals surface area contributed by atoms with Gasteiger partial charge in [0.2, 0.25) is 5.91 Å². The fourth-order valence-electron chi connectivity index (χ4n) is 2.62. The summed E-state index contributed by atoms with van der Waals surface area (Å²) < 4.78 is 0. The Balaban J connectivity index is 1.88. The molecule has 3 nitrogen and oxygen atoms in total. The summed E-state index contributed by atoms with van der Waals surface area (Å²) in [6.07, 6.45) is 2.02. The summed E-state index contributed by atoms with van der Waals surface area (Å²) in [4.78, 5) is 14.3. The maximum absolute atomic E-state index is 12.3. The summed E-state index contributed by atoms with van der Waals surface area (Å²) in [7, 11) is 0. The van der Waals surface area contributed by atoms with Crippen LogP contribution in [0.3, 0.4) is 0 Å². The standard InChI is InChI=1S/C11H14N2OS/c14-10-11(2-4-12-8-11)3-5-13(10)9-1-6-15-7-9/h1,6-7,12H,2-5,8H2/t11-/m1/s1. The first-order valence-electron chi connectivity index (χ1n) is 5.37.